The summed E-state index contributed by atoms with van der Waals surface area (Å²) in [5, 5.41) is 2.37. The van der Waals surface area contributed by atoms with Crippen molar-refractivity contribution in [2.75, 3.05) is 19.5 Å². The molecule has 0 atom stereocenters. The highest BCUT2D eigenvalue weighted by Crippen LogP contribution is 2.36. The van der Waals surface area contributed by atoms with Gasteiger partial charge in [0.05, 0.1) is 14.2 Å². The number of hydrogen-bond acceptors (Lipinski definition) is 5. The molecule has 3 aromatic rings. The Morgan fingerprint density at radius 3 is 2.57 bits per heavy atom. The standard InChI is InChI=1S/C16H13FN2O4/c1-21-12-8-7-11(9-3-5-10(17)6-4-9)14-13(12)18-15(23-14)19-16(20)22-2/h3-8H,1-2H3,(H,18,19,20). The van der Waals surface area contributed by atoms with E-state index in [1.54, 1.807) is 24.3 Å². The minimum absolute atomic E-state index is 0.0142. The van der Waals surface area contributed by atoms with Crippen molar-refractivity contribution in [2.45, 2.75) is 0 Å². The van der Waals surface area contributed by atoms with E-state index >= 15 is 0 Å². The molecule has 0 saturated heterocycles. The summed E-state index contributed by atoms with van der Waals surface area (Å²) in [5.41, 5.74) is 2.31. The highest BCUT2D eigenvalue weighted by atomic mass is 19.1. The van der Waals surface area contributed by atoms with E-state index in [4.69, 9.17) is 9.15 Å². The number of aromatic nitrogens is 1. The first-order valence-electron chi connectivity index (χ1n) is 6.71. The number of nitrogens with zero attached hydrogens (tertiary/aromatic N) is 1. The van der Waals surface area contributed by atoms with E-state index in [0.29, 0.717) is 22.4 Å². The van der Waals surface area contributed by atoms with Crippen LogP contribution in [0.15, 0.2) is 40.8 Å². The van der Waals surface area contributed by atoms with Crippen molar-refractivity contribution in [3.63, 3.8) is 0 Å². The number of methoxy groups -OCH3 is 2. The summed E-state index contributed by atoms with van der Waals surface area (Å²) < 4.78 is 28.5. The van der Waals surface area contributed by atoms with Gasteiger partial charge in [0.1, 0.15) is 11.6 Å². The molecule has 6 nitrogen and oxygen atoms in total. The Hall–Kier alpha value is -3.09. The smallest absolute Gasteiger partial charge is 0.414 e. The molecule has 1 heterocycles. The molecule has 2 aromatic carbocycles. The minimum Gasteiger partial charge on any atom is -0.494 e. The zero-order chi connectivity index (χ0) is 16.4. The maximum absolute atomic E-state index is 13.1. The second kappa shape index (κ2) is 5.96. The quantitative estimate of drug-likeness (QED) is 0.795. The third-order valence-electron chi connectivity index (χ3n) is 3.28. The first kappa shape index (κ1) is 14.8. The number of rotatable bonds is 3. The lowest BCUT2D eigenvalue weighted by Gasteiger charge is -2.05. The molecule has 1 N–H and O–H groups in total. The number of carbonyl (C=O) groups excluding carboxylic acids is 1. The van der Waals surface area contributed by atoms with Crippen molar-refractivity contribution < 1.29 is 23.1 Å². The first-order valence-corrected chi connectivity index (χ1v) is 6.71. The van der Waals surface area contributed by atoms with Crippen LogP contribution in [0.3, 0.4) is 0 Å². The van der Waals surface area contributed by atoms with E-state index in [9.17, 15) is 9.18 Å². The zero-order valence-electron chi connectivity index (χ0n) is 12.4. The first-order chi connectivity index (χ1) is 11.1. The lowest BCUT2D eigenvalue weighted by atomic mass is 10.0. The molecule has 0 radical (unpaired) electrons. The number of hydrogen-bond donors (Lipinski definition) is 1. The minimum atomic E-state index is -0.696. The predicted molar refractivity (Wildman–Crippen MR) is 82.0 cm³/mol. The summed E-state index contributed by atoms with van der Waals surface area (Å²) in [7, 11) is 2.75. The van der Waals surface area contributed by atoms with Crippen LogP contribution in [0.5, 0.6) is 5.75 Å². The number of ether oxygens (including phenoxy) is 2. The van der Waals surface area contributed by atoms with Gasteiger partial charge in [-0.1, -0.05) is 12.1 Å². The number of nitrogens with one attached hydrogen (secondary N) is 1. The number of amides is 1. The van der Waals surface area contributed by atoms with Crippen molar-refractivity contribution >= 4 is 23.2 Å². The molecule has 0 aliphatic rings. The van der Waals surface area contributed by atoms with Gasteiger partial charge in [-0.15, -0.1) is 0 Å². The van der Waals surface area contributed by atoms with E-state index in [1.165, 1.54) is 26.4 Å². The number of fused-ring (bicyclic) bond motifs is 1. The van der Waals surface area contributed by atoms with Crippen molar-refractivity contribution in [3.8, 4) is 16.9 Å². The van der Waals surface area contributed by atoms with Gasteiger partial charge in [0.15, 0.2) is 11.1 Å². The van der Waals surface area contributed by atoms with Gasteiger partial charge >= 0.3 is 12.1 Å². The Morgan fingerprint density at radius 1 is 1.17 bits per heavy atom. The molecule has 23 heavy (non-hydrogen) atoms. The van der Waals surface area contributed by atoms with Crippen molar-refractivity contribution in [3.05, 3.63) is 42.2 Å². The highest BCUT2D eigenvalue weighted by molar-refractivity contribution is 5.95. The van der Waals surface area contributed by atoms with Gasteiger partial charge in [0.25, 0.3) is 0 Å². The van der Waals surface area contributed by atoms with Crippen LogP contribution >= 0.6 is 0 Å². The summed E-state index contributed by atoms with van der Waals surface area (Å²) in [6.07, 6.45) is -0.696. The topological polar surface area (TPSA) is 73.6 Å². The number of benzene rings is 2. The Labute approximate surface area is 130 Å². The Morgan fingerprint density at radius 2 is 1.91 bits per heavy atom. The summed E-state index contributed by atoms with van der Waals surface area (Å²) in [6, 6.07) is 9.47. The summed E-state index contributed by atoms with van der Waals surface area (Å²) in [6.45, 7) is 0. The summed E-state index contributed by atoms with van der Waals surface area (Å²) >= 11 is 0. The molecule has 0 aliphatic carbocycles. The molecule has 0 spiro atoms. The number of carbonyl (C=O) groups is 1. The fourth-order valence-corrected chi connectivity index (χ4v) is 2.20. The summed E-state index contributed by atoms with van der Waals surface area (Å²) in [4.78, 5) is 15.5. The molecule has 0 unspecified atom stereocenters. The molecule has 0 saturated carbocycles. The van der Waals surface area contributed by atoms with Crippen LogP contribution in [-0.2, 0) is 4.74 Å². The summed E-state index contributed by atoms with van der Waals surface area (Å²) in [5.74, 6) is 0.164. The maximum atomic E-state index is 13.1. The molecular formula is C16H13FN2O4. The van der Waals surface area contributed by atoms with Gasteiger partial charge in [0, 0.05) is 5.56 Å². The number of halogens is 1. The van der Waals surface area contributed by atoms with Crippen LogP contribution in [0.25, 0.3) is 22.2 Å². The van der Waals surface area contributed by atoms with Gasteiger partial charge in [-0.3, -0.25) is 0 Å². The van der Waals surface area contributed by atoms with Crippen molar-refractivity contribution in [1.29, 1.82) is 0 Å². The second-order valence-electron chi connectivity index (χ2n) is 4.64. The van der Waals surface area contributed by atoms with Gasteiger partial charge < -0.3 is 13.9 Å². The van der Waals surface area contributed by atoms with Gasteiger partial charge in [-0.25, -0.2) is 14.5 Å². The fourth-order valence-electron chi connectivity index (χ4n) is 2.20. The van der Waals surface area contributed by atoms with E-state index < -0.39 is 6.09 Å². The Balaban J connectivity index is 2.15. The van der Waals surface area contributed by atoms with Crippen molar-refractivity contribution in [1.82, 2.24) is 4.98 Å². The van der Waals surface area contributed by atoms with E-state index in [1.807, 2.05) is 0 Å². The zero-order valence-corrected chi connectivity index (χ0v) is 12.4. The average Bonchev–Trinajstić information content (AvgIpc) is 2.98. The average molecular weight is 316 g/mol. The van der Waals surface area contributed by atoms with E-state index in [2.05, 4.69) is 15.0 Å². The van der Waals surface area contributed by atoms with Crippen LogP contribution in [0.2, 0.25) is 0 Å². The van der Waals surface area contributed by atoms with Gasteiger partial charge in [0.2, 0.25) is 0 Å². The molecule has 3 rings (SSSR count). The molecule has 118 valence electrons. The largest absolute Gasteiger partial charge is 0.494 e. The lowest BCUT2D eigenvalue weighted by molar-refractivity contribution is 0.186. The number of anilines is 1. The highest BCUT2D eigenvalue weighted by Gasteiger charge is 2.17. The van der Waals surface area contributed by atoms with Crippen LogP contribution in [0, 0.1) is 5.82 Å². The Bertz CT molecular complexity index is 858. The molecule has 1 aromatic heterocycles. The van der Waals surface area contributed by atoms with Crippen LogP contribution in [0.1, 0.15) is 0 Å². The molecule has 0 aliphatic heterocycles. The molecule has 0 fully saturated rings. The SMILES string of the molecule is COC(=O)Nc1nc2c(OC)ccc(-c3ccc(F)cc3)c2o1. The molecule has 1 amide bonds. The van der Waals surface area contributed by atoms with Crippen molar-refractivity contribution in [2.24, 2.45) is 0 Å². The normalized spacial score (nSPS) is 10.6. The van der Waals surface area contributed by atoms with Crippen LogP contribution < -0.4 is 10.1 Å². The molecule has 7 heteroatoms. The molecular weight excluding hydrogens is 303 g/mol. The van der Waals surface area contributed by atoms with Gasteiger partial charge in [-0.2, -0.15) is 4.98 Å². The Kier molecular flexibility index (Phi) is 3.84. The third kappa shape index (κ3) is 2.80. The van der Waals surface area contributed by atoms with E-state index in [0.717, 1.165) is 5.56 Å². The predicted octanol–water partition coefficient (Wildman–Crippen LogP) is 3.82. The van der Waals surface area contributed by atoms with Crippen LogP contribution in [0.4, 0.5) is 15.2 Å². The van der Waals surface area contributed by atoms with E-state index in [-0.39, 0.29) is 11.8 Å². The maximum Gasteiger partial charge on any atom is 0.414 e. The fraction of sp³-hybridized carbons (Fsp3) is 0.125. The third-order valence-corrected chi connectivity index (χ3v) is 3.28. The lowest BCUT2D eigenvalue weighted by Crippen LogP contribution is -2.10. The van der Waals surface area contributed by atoms with Gasteiger partial charge in [-0.05, 0) is 29.8 Å². The monoisotopic (exact) mass is 316 g/mol. The number of oxazole rings is 1. The van der Waals surface area contributed by atoms with Crippen LogP contribution in [-0.4, -0.2) is 25.3 Å². The molecule has 0 bridgehead atoms. The second-order valence-corrected chi connectivity index (χ2v) is 4.64.